The maximum absolute atomic E-state index is 14.0. The minimum Gasteiger partial charge on any atom is -0.423 e. The number of para-hydroxylation sites is 2. The second-order valence-corrected chi connectivity index (χ2v) is 13.3. The van der Waals surface area contributed by atoms with Crippen LogP contribution in [0.3, 0.4) is 0 Å². The van der Waals surface area contributed by atoms with Crippen LogP contribution in [0, 0.1) is 0 Å². The van der Waals surface area contributed by atoms with E-state index in [4.69, 9.17) is 8.83 Å². The number of benzene rings is 5. The standard InChI is InChI=1S/C41H28N8O5/c50-37-17-27(39-31-9-3-1-7-25(31)13-15-35(39)53-37)19-46-21-29(42-44-46)23-48-33-11-5-6-12-34(33)49(41(48)52)24-30-22-47(45-43-30)20-28-18-38(51)54-36-16-14-26-8-2-4-10-32(26)40(28)36/h1-18,21-22H,19-20,23-24H2. The molecule has 0 fully saturated rings. The van der Waals surface area contributed by atoms with Gasteiger partial charge in [-0.2, -0.15) is 0 Å². The molecule has 0 saturated heterocycles. The number of nitrogens with zero attached hydrogens (tertiary/aromatic N) is 8. The van der Waals surface area contributed by atoms with E-state index in [9.17, 15) is 14.4 Å². The van der Waals surface area contributed by atoms with Crippen LogP contribution in [-0.2, 0) is 26.2 Å². The highest BCUT2D eigenvalue weighted by Crippen LogP contribution is 2.29. The van der Waals surface area contributed by atoms with Gasteiger partial charge in [0.2, 0.25) is 0 Å². The molecule has 0 aliphatic rings. The first-order chi connectivity index (χ1) is 26.4. The summed E-state index contributed by atoms with van der Waals surface area (Å²) in [5.41, 5.74) is 4.03. The molecular formula is C41H28N8O5. The molecule has 10 aromatic rings. The highest BCUT2D eigenvalue weighted by atomic mass is 16.4. The van der Waals surface area contributed by atoms with Gasteiger partial charge in [-0.25, -0.2) is 23.7 Å². The van der Waals surface area contributed by atoms with Crippen molar-refractivity contribution in [3.8, 4) is 0 Å². The Morgan fingerprint density at radius 2 is 0.944 bits per heavy atom. The molecule has 0 N–H and O–H groups in total. The Balaban J connectivity index is 0.940. The zero-order valence-corrected chi connectivity index (χ0v) is 28.5. The van der Waals surface area contributed by atoms with Gasteiger partial charge in [0.15, 0.2) is 0 Å². The Hall–Kier alpha value is -7.41. The number of fused-ring (bicyclic) bond motifs is 7. The minimum absolute atomic E-state index is 0.178. The van der Waals surface area contributed by atoms with Gasteiger partial charge in [0.1, 0.15) is 22.6 Å². The van der Waals surface area contributed by atoms with E-state index in [0.29, 0.717) is 22.6 Å². The van der Waals surface area contributed by atoms with Gasteiger partial charge < -0.3 is 8.83 Å². The first-order valence-electron chi connectivity index (χ1n) is 17.3. The summed E-state index contributed by atoms with van der Waals surface area (Å²) in [4.78, 5) is 39.0. The molecule has 0 saturated carbocycles. The van der Waals surface area contributed by atoms with E-state index >= 15 is 0 Å². The van der Waals surface area contributed by atoms with E-state index in [1.54, 1.807) is 30.9 Å². The van der Waals surface area contributed by atoms with E-state index in [2.05, 4.69) is 20.6 Å². The molecule has 5 heterocycles. The van der Waals surface area contributed by atoms with Crippen molar-refractivity contribution in [2.45, 2.75) is 26.2 Å². The van der Waals surface area contributed by atoms with Crippen molar-refractivity contribution in [2.75, 3.05) is 0 Å². The van der Waals surface area contributed by atoms with Gasteiger partial charge in [0.05, 0.1) is 49.6 Å². The smallest absolute Gasteiger partial charge is 0.336 e. The fourth-order valence-corrected chi connectivity index (χ4v) is 7.52. The summed E-state index contributed by atoms with van der Waals surface area (Å²) in [6.07, 6.45) is 3.57. The third-order valence-corrected chi connectivity index (χ3v) is 9.83. The summed E-state index contributed by atoms with van der Waals surface area (Å²) in [6.45, 7) is 0.930. The predicted octanol–water partition coefficient (Wildman–Crippen LogP) is 5.70. The van der Waals surface area contributed by atoms with Crippen LogP contribution in [0.4, 0.5) is 0 Å². The number of aromatic nitrogens is 8. The summed E-state index contributed by atoms with van der Waals surface area (Å²) in [5.74, 6) is 0. The predicted molar refractivity (Wildman–Crippen MR) is 203 cm³/mol. The first kappa shape index (κ1) is 31.3. The summed E-state index contributed by atoms with van der Waals surface area (Å²) in [7, 11) is 0. The summed E-state index contributed by atoms with van der Waals surface area (Å²) >= 11 is 0. The highest BCUT2D eigenvalue weighted by molar-refractivity contribution is 6.08. The topological polar surface area (TPSA) is 149 Å². The molecule has 0 bridgehead atoms. The molecule has 0 spiro atoms. The van der Waals surface area contributed by atoms with Crippen molar-refractivity contribution in [3.63, 3.8) is 0 Å². The number of hydrogen-bond donors (Lipinski definition) is 0. The van der Waals surface area contributed by atoms with Crippen LogP contribution in [0.5, 0.6) is 0 Å². The van der Waals surface area contributed by atoms with Crippen molar-refractivity contribution in [1.82, 2.24) is 39.1 Å². The van der Waals surface area contributed by atoms with Gasteiger partial charge >= 0.3 is 16.9 Å². The van der Waals surface area contributed by atoms with Crippen LogP contribution < -0.4 is 16.9 Å². The van der Waals surface area contributed by atoms with Gasteiger partial charge in [-0.05, 0) is 56.9 Å². The lowest BCUT2D eigenvalue weighted by molar-refractivity contribution is 0.555. The zero-order chi connectivity index (χ0) is 36.3. The second kappa shape index (κ2) is 12.4. The second-order valence-electron chi connectivity index (χ2n) is 13.3. The summed E-state index contributed by atoms with van der Waals surface area (Å²) in [6, 6.07) is 33.9. The van der Waals surface area contributed by atoms with Gasteiger partial charge in [0, 0.05) is 22.9 Å². The molecule has 0 aliphatic heterocycles. The fraction of sp³-hybridized carbons (Fsp3) is 0.0976. The molecule has 5 aromatic heterocycles. The molecule has 0 atom stereocenters. The van der Waals surface area contributed by atoms with E-state index in [1.165, 1.54) is 12.1 Å². The monoisotopic (exact) mass is 712 g/mol. The molecule has 13 nitrogen and oxygen atoms in total. The summed E-state index contributed by atoms with van der Waals surface area (Å²) < 4.78 is 17.7. The van der Waals surface area contributed by atoms with E-state index in [0.717, 1.165) is 54.5 Å². The molecule has 0 unspecified atom stereocenters. The molecule has 13 heteroatoms. The highest BCUT2D eigenvalue weighted by Gasteiger charge is 2.18. The zero-order valence-electron chi connectivity index (χ0n) is 28.5. The maximum Gasteiger partial charge on any atom is 0.336 e. The average molecular weight is 713 g/mol. The molecule has 0 radical (unpaired) electrons. The lowest BCUT2D eigenvalue weighted by atomic mass is 10.0. The molecule has 5 aromatic carbocycles. The van der Waals surface area contributed by atoms with Crippen LogP contribution in [0.2, 0.25) is 0 Å². The van der Waals surface area contributed by atoms with Crippen LogP contribution in [0.15, 0.2) is 145 Å². The molecule has 54 heavy (non-hydrogen) atoms. The van der Waals surface area contributed by atoms with Crippen LogP contribution in [0.25, 0.3) is 54.5 Å². The van der Waals surface area contributed by atoms with Crippen LogP contribution in [-0.4, -0.2) is 39.1 Å². The third-order valence-electron chi connectivity index (χ3n) is 9.83. The van der Waals surface area contributed by atoms with Gasteiger partial charge in [0.25, 0.3) is 0 Å². The lowest BCUT2D eigenvalue weighted by Gasteiger charge is -2.08. The maximum atomic E-state index is 14.0. The minimum atomic E-state index is -0.442. The third kappa shape index (κ3) is 5.37. The Bertz CT molecular complexity index is 3060. The Morgan fingerprint density at radius 3 is 1.43 bits per heavy atom. The Labute approximate surface area is 303 Å². The average Bonchev–Trinajstić information content (AvgIpc) is 3.89. The fourth-order valence-electron chi connectivity index (χ4n) is 7.52. The molecule has 0 aliphatic carbocycles. The van der Waals surface area contributed by atoms with E-state index in [-0.39, 0.29) is 31.9 Å². The van der Waals surface area contributed by atoms with Gasteiger partial charge in [-0.1, -0.05) is 83.2 Å². The van der Waals surface area contributed by atoms with Crippen molar-refractivity contribution in [1.29, 1.82) is 0 Å². The van der Waals surface area contributed by atoms with Gasteiger partial charge in [-0.3, -0.25) is 9.13 Å². The van der Waals surface area contributed by atoms with Gasteiger partial charge in [-0.15, -0.1) is 10.2 Å². The van der Waals surface area contributed by atoms with Crippen LogP contribution >= 0.6 is 0 Å². The Kier molecular flexibility index (Phi) is 7.18. The van der Waals surface area contributed by atoms with Crippen molar-refractivity contribution >= 4 is 54.5 Å². The normalized spacial score (nSPS) is 11.9. The van der Waals surface area contributed by atoms with E-state index < -0.39 is 11.3 Å². The van der Waals surface area contributed by atoms with Crippen LogP contribution in [0.1, 0.15) is 22.5 Å². The van der Waals surface area contributed by atoms with Crippen molar-refractivity contribution in [3.05, 3.63) is 175 Å². The molecule has 262 valence electrons. The van der Waals surface area contributed by atoms with E-state index in [1.807, 2.05) is 97.1 Å². The first-order valence-corrected chi connectivity index (χ1v) is 17.3. The molecular weight excluding hydrogens is 685 g/mol. The number of rotatable bonds is 8. The number of imidazole rings is 1. The molecule has 0 amide bonds. The number of hydrogen-bond acceptors (Lipinski definition) is 9. The van der Waals surface area contributed by atoms with Crippen molar-refractivity contribution < 1.29 is 8.83 Å². The SMILES string of the molecule is O=c1cc(Cn2cc(Cn3c(=O)n(Cc4cn(Cc5cc(=O)oc6ccc7ccccc7c56)nn4)c4ccccc43)nn2)c2c(ccc3ccccc32)o1. The largest absolute Gasteiger partial charge is 0.423 e. The Morgan fingerprint density at radius 1 is 0.500 bits per heavy atom. The molecule has 10 rings (SSSR count). The quantitative estimate of drug-likeness (QED) is 0.143. The summed E-state index contributed by atoms with van der Waals surface area (Å²) in [5, 5.41) is 23.2. The lowest BCUT2D eigenvalue weighted by Crippen LogP contribution is -2.25. The van der Waals surface area contributed by atoms with Crippen molar-refractivity contribution in [2.24, 2.45) is 0 Å².